The largest absolute Gasteiger partial charge is 0.484 e. The van der Waals surface area contributed by atoms with E-state index in [2.05, 4.69) is 22.3 Å². The van der Waals surface area contributed by atoms with Crippen molar-refractivity contribution < 1.29 is 9.26 Å². The lowest BCUT2D eigenvalue weighted by molar-refractivity contribution is 0.242. The predicted molar refractivity (Wildman–Crippen MR) is 76.9 cm³/mol. The monoisotopic (exact) mass is 285 g/mol. The van der Waals surface area contributed by atoms with Crippen LogP contribution in [0.1, 0.15) is 60.5 Å². The van der Waals surface area contributed by atoms with Crippen molar-refractivity contribution in [1.82, 2.24) is 10.1 Å². The van der Waals surface area contributed by atoms with Gasteiger partial charge in [-0.05, 0) is 55.4 Å². The molecule has 0 bridgehead atoms. The second kappa shape index (κ2) is 5.15. The molecule has 0 spiro atoms. The highest BCUT2D eigenvalue weighted by Crippen LogP contribution is 2.38. The Morgan fingerprint density at radius 1 is 1.29 bits per heavy atom. The summed E-state index contributed by atoms with van der Waals surface area (Å²) < 4.78 is 11.0. The topological polar surface area (TPSA) is 74.2 Å². The maximum atomic E-state index is 6.17. The average Bonchev–Trinajstić information content (AvgIpc) is 3.25. The lowest BCUT2D eigenvalue weighted by Gasteiger charge is -2.22. The zero-order valence-electron chi connectivity index (χ0n) is 11.9. The van der Waals surface area contributed by atoms with Crippen LogP contribution in [0, 0.1) is 0 Å². The molecular formula is C16H19N3O2. The molecule has 1 atom stereocenters. The molecule has 2 aromatic rings. The molecule has 1 aromatic carbocycles. The van der Waals surface area contributed by atoms with Crippen LogP contribution in [0.15, 0.2) is 22.7 Å². The number of rotatable bonds is 4. The number of benzene rings is 1. The van der Waals surface area contributed by atoms with Crippen molar-refractivity contribution in [3.8, 4) is 5.75 Å². The summed E-state index contributed by atoms with van der Waals surface area (Å²) in [6, 6.07) is 6.29. The molecule has 0 radical (unpaired) electrons. The van der Waals surface area contributed by atoms with Crippen molar-refractivity contribution in [2.24, 2.45) is 5.73 Å². The van der Waals surface area contributed by atoms with Crippen molar-refractivity contribution in [3.63, 3.8) is 0 Å². The minimum absolute atomic E-state index is 0.127. The molecule has 0 unspecified atom stereocenters. The third-order valence-corrected chi connectivity index (χ3v) is 4.27. The predicted octanol–water partition coefficient (Wildman–Crippen LogP) is 2.86. The highest BCUT2D eigenvalue weighted by molar-refractivity contribution is 5.39. The van der Waals surface area contributed by atoms with E-state index >= 15 is 0 Å². The molecular weight excluding hydrogens is 266 g/mol. The Hall–Kier alpha value is -1.88. The average molecular weight is 285 g/mol. The Bertz CT molecular complexity index is 649. The Morgan fingerprint density at radius 2 is 2.19 bits per heavy atom. The molecule has 1 aromatic heterocycles. The highest BCUT2D eigenvalue weighted by Gasteiger charge is 2.28. The van der Waals surface area contributed by atoms with Crippen LogP contribution in [0.4, 0.5) is 0 Å². The highest BCUT2D eigenvalue weighted by atomic mass is 16.5. The molecule has 1 saturated carbocycles. The lowest BCUT2D eigenvalue weighted by Crippen LogP contribution is -2.17. The number of nitrogens with two attached hydrogens (primary N) is 1. The number of nitrogens with zero attached hydrogens (tertiary/aromatic N) is 2. The van der Waals surface area contributed by atoms with Crippen molar-refractivity contribution in [3.05, 3.63) is 41.0 Å². The number of hydrogen-bond donors (Lipinski definition) is 1. The van der Waals surface area contributed by atoms with Gasteiger partial charge in [0.15, 0.2) is 12.4 Å². The number of aryl methyl sites for hydroxylation is 1. The molecule has 21 heavy (non-hydrogen) atoms. The molecule has 110 valence electrons. The van der Waals surface area contributed by atoms with E-state index in [0.29, 0.717) is 18.4 Å². The minimum Gasteiger partial charge on any atom is -0.484 e. The van der Waals surface area contributed by atoms with Gasteiger partial charge in [-0.2, -0.15) is 4.98 Å². The summed E-state index contributed by atoms with van der Waals surface area (Å²) in [5.74, 6) is 2.68. The van der Waals surface area contributed by atoms with Crippen LogP contribution < -0.4 is 10.5 Å². The van der Waals surface area contributed by atoms with Gasteiger partial charge in [-0.1, -0.05) is 11.2 Å². The number of hydrogen-bond acceptors (Lipinski definition) is 5. The van der Waals surface area contributed by atoms with Gasteiger partial charge in [0, 0.05) is 12.0 Å². The van der Waals surface area contributed by atoms with Gasteiger partial charge in [-0.3, -0.25) is 0 Å². The first-order valence-corrected chi connectivity index (χ1v) is 7.63. The molecule has 1 fully saturated rings. The fourth-order valence-electron chi connectivity index (χ4n) is 2.88. The SMILES string of the molecule is N[C@@H]1CCCc2ccc(OCc3nc(C4CC4)no3)cc21. The summed E-state index contributed by atoms with van der Waals surface area (Å²) in [6.45, 7) is 0.313. The van der Waals surface area contributed by atoms with Crippen LogP contribution in [0.2, 0.25) is 0 Å². The second-order valence-corrected chi connectivity index (χ2v) is 5.97. The first-order chi connectivity index (χ1) is 10.3. The Labute approximate surface area is 123 Å². The molecule has 4 rings (SSSR count). The van der Waals surface area contributed by atoms with E-state index in [4.69, 9.17) is 15.0 Å². The molecule has 2 N–H and O–H groups in total. The Kier molecular flexibility index (Phi) is 3.15. The van der Waals surface area contributed by atoms with Crippen LogP contribution in [0.5, 0.6) is 5.75 Å². The van der Waals surface area contributed by atoms with E-state index in [1.54, 1.807) is 0 Å². The molecule has 5 heteroatoms. The Balaban J connectivity index is 1.45. The molecule has 2 aliphatic rings. The van der Waals surface area contributed by atoms with Crippen molar-refractivity contribution in [2.45, 2.75) is 50.7 Å². The normalized spacial score (nSPS) is 21.1. The standard InChI is InChI=1S/C16H19N3O2/c17-14-3-1-2-10-6-7-12(8-13(10)14)20-9-15-18-16(19-21-15)11-4-5-11/h6-8,11,14H,1-5,9,17H2/t14-/m1/s1. The summed E-state index contributed by atoms with van der Waals surface area (Å²) in [4.78, 5) is 4.36. The van der Waals surface area contributed by atoms with Gasteiger partial charge >= 0.3 is 0 Å². The summed E-state index contributed by atoms with van der Waals surface area (Å²) >= 11 is 0. The van der Waals surface area contributed by atoms with E-state index in [1.807, 2.05) is 6.07 Å². The second-order valence-electron chi connectivity index (χ2n) is 5.97. The van der Waals surface area contributed by atoms with Gasteiger partial charge in [-0.25, -0.2) is 0 Å². The van der Waals surface area contributed by atoms with Crippen LogP contribution in [0.25, 0.3) is 0 Å². The first kappa shape index (κ1) is 12.8. The molecule has 5 nitrogen and oxygen atoms in total. The van der Waals surface area contributed by atoms with Gasteiger partial charge in [0.1, 0.15) is 5.75 Å². The molecule has 0 saturated heterocycles. The fourth-order valence-corrected chi connectivity index (χ4v) is 2.88. The minimum atomic E-state index is 0.127. The third-order valence-electron chi connectivity index (χ3n) is 4.27. The maximum absolute atomic E-state index is 6.17. The molecule has 0 aliphatic heterocycles. The zero-order valence-corrected chi connectivity index (χ0v) is 11.9. The van der Waals surface area contributed by atoms with Crippen LogP contribution in [0.3, 0.4) is 0 Å². The summed E-state index contributed by atoms with van der Waals surface area (Å²) in [5, 5.41) is 3.99. The molecule has 0 amide bonds. The molecule has 2 aliphatic carbocycles. The van der Waals surface area contributed by atoms with Crippen LogP contribution >= 0.6 is 0 Å². The number of aromatic nitrogens is 2. The van der Waals surface area contributed by atoms with Crippen molar-refractivity contribution in [2.75, 3.05) is 0 Å². The fraction of sp³-hybridized carbons (Fsp3) is 0.500. The Morgan fingerprint density at radius 3 is 3.05 bits per heavy atom. The van der Waals surface area contributed by atoms with Gasteiger partial charge < -0.3 is 15.0 Å². The number of ether oxygens (including phenoxy) is 1. The summed E-state index contributed by atoms with van der Waals surface area (Å²) in [5.41, 5.74) is 8.72. The molecule has 1 heterocycles. The summed E-state index contributed by atoms with van der Waals surface area (Å²) in [6.07, 6.45) is 5.66. The van der Waals surface area contributed by atoms with Crippen LogP contribution in [-0.2, 0) is 13.0 Å². The summed E-state index contributed by atoms with van der Waals surface area (Å²) in [7, 11) is 0. The van der Waals surface area contributed by atoms with E-state index in [0.717, 1.165) is 24.4 Å². The van der Waals surface area contributed by atoms with E-state index < -0.39 is 0 Å². The lowest BCUT2D eigenvalue weighted by atomic mass is 9.88. The number of fused-ring (bicyclic) bond motifs is 1. The van der Waals surface area contributed by atoms with Crippen molar-refractivity contribution in [1.29, 1.82) is 0 Å². The third kappa shape index (κ3) is 2.65. The van der Waals surface area contributed by atoms with E-state index in [1.165, 1.54) is 30.4 Å². The first-order valence-electron chi connectivity index (χ1n) is 7.63. The van der Waals surface area contributed by atoms with Crippen molar-refractivity contribution >= 4 is 0 Å². The smallest absolute Gasteiger partial charge is 0.264 e. The van der Waals surface area contributed by atoms with E-state index in [-0.39, 0.29) is 6.04 Å². The van der Waals surface area contributed by atoms with E-state index in [9.17, 15) is 0 Å². The quantitative estimate of drug-likeness (QED) is 0.935. The zero-order chi connectivity index (χ0) is 14.2. The van der Waals surface area contributed by atoms with Gasteiger partial charge in [0.25, 0.3) is 5.89 Å². The van der Waals surface area contributed by atoms with Crippen LogP contribution in [-0.4, -0.2) is 10.1 Å². The van der Waals surface area contributed by atoms with Gasteiger partial charge in [-0.15, -0.1) is 0 Å². The van der Waals surface area contributed by atoms with Gasteiger partial charge in [0.2, 0.25) is 0 Å². The maximum Gasteiger partial charge on any atom is 0.264 e. The van der Waals surface area contributed by atoms with Gasteiger partial charge in [0.05, 0.1) is 0 Å².